The number of pyridine rings is 1. The van der Waals surface area contributed by atoms with E-state index in [0.717, 1.165) is 37.4 Å². The largest absolute Gasteiger partial charge is 0.481 e. The van der Waals surface area contributed by atoms with E-state index in [9.17, 15) is 0 Å². The average Bonchev–Trinajstić information content (AvgIpc) is 3.25. The number of likely N-dealkylation sites (tertiary alicyclic amines) is 1. The molecule has 0 amide bonds. The van der Waals surface area contributed by atoms with E-state index in [1.165, 1.54) is 0 Å². The standard InChI is InChI=1S/C15H17ClN6O/c1-23-14-3-2-12-15(20-14)19-13(18-12)9-21-5-4-11(8-21)22-7-10(16)6-17-22/h2-3,6-7,11H,4-5,8-9H2,1H3,(H,18,19,20). The number of hydrogen-bond donors (Lipinski definition) is 1. The van der Waals surface area contributed by atoms with Gasteiger partial charge in [-0.3, -0.25) is 9.58 Å². The number of ether oxygens (including phenoxy) is 1. The number of fused-ring (bicyclic) bond motifs is 1. The summed E-state index contributed by atoms with van der Waals surface area (Å²) in [6, 6.07) is 4.14. The summed E-state index contributed by atoms with van der Waals surface area (Å²) in [6.45, 7) is 2.71. The predicted octanol–water partition coefficient (Wildman–Crippen LogP) is 2.26. The van der Waals surface area contributed by atoms with E-state index in [1.807, 2.05) is 23.0 Å². The smallest absolute Gasteiger partial charge is 0.215 e. The normalized spacial score (nSPS) is 18.8. The monoisotopic (exact) mass is 332 g/mol. The van der Waals surface area contributed by atoms with Crippen LogP contribution < -0.4 is 4.74 Å². The molecule has 1 fully saturated rings. The zero-order valence-electron chi connectivity index (χ0n) is 12.7. The van der Waals surface area contributed by atoms with Crippen molar-refractivity contribution in [1.82, 2.24) is 29.6 Å². The predicted molar refractivity (Wildman–Crippen MR) is 86.6 cm³/mol. The van der Waals surface area contributed by atoms with Gasteiger partial charge < -0.3 is 9.72 Å². The van der Waals surface area contributed by atoms with Crippen LogP contribution in [0.5, 0.6) is 5.88 Å². The van der Waals surface area contributed by atoms with E-state index in [4.69, 9.17) is 16.3 Å². The van der Waals surface area contributed by atoms with Crippen molar-refractivity contribution in [3.8, 4) is 5.88 Å². The van der Waals surface area contributed by atoms with Crippen LogP contribution in [0.3, 0.4) is 0 Å². The minimum absolute atomic E-state index is 0.366. The molecule has 1 aliphatic rings. The Labute approximate surface area is 138 Å². The number of hydrogen-bond acceptors (Lipinski definition) is 5. The van der Waals surface area contributed by atoms with Crippen molar-refractivity contribution in [2.24, 2.45) is 0 Å². The molecule has 0 spiro atoms. The summed E-state index contributed by atoms with van der Waals surface area (Å²) in [5.41, 5.74) is 1.62. The molecule has 1 aliphatic heterocycles. The first-order valence-electron chi connectivity index (χ1n) is 7.53. The Balaban J connectivity index is 1.46. The van der Waals surface area contributed by atoms with Gasteiger partial charge in [0.2, 0.25) is 5.88 Å². The third-order valence-corrected chi connectivity index (χ3v) is 4.34. The summed E-state index contributed by atoms with van der Waals surface area (Å²) in [6.07, 6.45) is 4.62. The van der Waals surface area contributed by atoms with Crippen molar-refractivity contribution in [3.05, 3.63) is 35.4 Å². The SMILES string of the molecule is COc1ccc2[nH]c(CN3CCC(n4cc(Cl)cn4)C3)nc2n1. The van der Waals surface area contributed by atoms with Crippen molar-refractivity contribution in [3.63, 3.8) is 0 Å². The Kier molecular flexibility index (Phi) is 3.66. The summed E-state index contributed by atoms with van der Waals surface area (Å²) >= 11 is 5.95. The van der Waals surface area contributed by atoms with Gasteiger partial charge in [-0.05, 0) is 12.5 Å². The van der Waals surface area contributed by atoms with Gasteiger partial charge in [-0.25, -0.2) is 4.98 Å². The second-order valence-corrected chi connectivity index (χ2v) is 6.16. The fourth-order valence-corrected chi connectivity index (χ4v) is 3.16. The lowest BCUT2D eigenvalue weighted by Gasteiger charge is -2.14. The Morgan fingerprint density at radius 3 is 3.09 bits per heavy atom. The Bertz CT molecular complexity index is 828. The molecule has 8 heteroatoms. The molecule has 23 heavy (non-hydrogen) atoms. The van der Waals surface area contributed by atoms with E-state index in [1.54, 1.807) is 13.3 Å². The first-order chi connectivity index (χ1) is 11.2. The third kappa shape index (κ3) is 2.89. The van der Waals surface area contributed by atoms with Crippen LogP contribution in [0.15, 0.2) is 24.5 Å². The maximum Gasteiger partial charge on any atom is 0.215 e. The summed E-state index contributed by atoms with van der Waals surface area (Å²) in [5, 5.41) is 4.99. The molecule has 0 bridgehead atoms. The number of halogens is 1. The van der Waals surface area contributed by atoms with Gasteiger partial charge in [-0.15, -0.1) is 0 Å². The zero-order chi connectivity index (χ0) is 15.8. The maximum absolute atomic E-state index is 5.95. The van der Waals surface area contributed by atoms with E-state index in [0.29, 0.717) is 22.6 Å². The summed E-state index contributed by atoms with van der Waals surface area (Å²) in [7, 11) is 1.60. The number of nitrogens with zero attached hydrogens (tertiary/aromatic N) is 5. The van der Waals surface area contributed by atoms with Gasteiger partial charge in [-0.2, -0.15) is 10.1 Å². The number of nitrogens with one attached hydrogen (secondary N) is 1. The summed E-state index contributed by atoms with van der Waals surface area (Å²) in [5.74, 6) is 1.49. The fraction of sp³-hybridized carbons (Fsp3) is 0.400. The van der Waals surface area contributed by atoms with Crippen molar-refractivity contribution in [2.75, 3.05) is 20.2 Å². The molecule has 0 aromatic carbocycles. The van der Waals surface area contributed by atoms with Crippen LogP contribution in [0.25, 0.3) is 11.2 Å². The van der Waals surface area contributed by atoms with Gasteiger partial charge in [0.25, 0.3) is 0 Å². The first kappa shape index (κ1) is 14.5. The molecule has 0 aliphatic carbocycles. The van der Waals surface area contributed by atoms with Crippen LogP contribution >= 0.6 is 11.6 Å². The topological polar surface area (TPSA) is 71.9 Å². The van der Waals surface area contributed by atoms with Crippen LogP contribution in [0.2, 0.25) is 5.02 Å². The van der Waals surface area contributed by atoms with Crippen LogP contribution in [0.4, 0.5) is 0 Å². The third-order valence-electron chi connectivity index (χ3n) is 4.14. The number of methoxy groups -OCH3 is 1. The minimum Gasteiger partial charge on any atom is -0.481 e. The van der Waals surface area contributed by atoms with E-state index in [2.05, 4.69) is 25.0 Å². The van der Waals surface area contributed by atoms with Crippen molar-refractivity contribution >= 4 is 22.8 Å². The molecule has 3 aromatic rings. The number of aromatic amines is 1. The number of H-pyrrole nitrogens is 1. The molecule has 0 radical (unpaired) electrons. The van der Waals surface area contributed by atoms with Gasteiger partial charge >= 0.3 is 0 Å². The number of rotatable bonds is 4. The Morgan fingerprint density at radius 1 is 1.39 bits per heavy atom. The Morgan fingerprint density at radius 2 is 2.30 bits per heavy atom. The van der Waals surface area contributed by atoms with Crippen molar-refractivity contribution in [2.45, 2.75) is 19.0 Å². The van der Waals surface area contributed by atoms with E-state index < -0.39 is 0 Å². The molecule has 1 N–H and O–H groups in total. The highest BCUT2D eigenvalue weighted by Crippen LogP contribution is 2.24. The van der Waals surface area contributed by atoms with Crippen LogP contribution in [-0.2, 0) is 6.54 Å². The summed E-state index contributed by atoms with van der Waals surface area (Å²) < 4.78 is 7.09. The fourth-order valence-electron chi connectivity index (χ4n) is 3.01. The second kappa shape index (κ2) is 5.82. The van der Waals surface area contributed by atoms with E-state index in [-0.39, 0.29) is 0 Å². The highest BCUT2D eigenvalue weighted by Gasteiger charge is 2.25. The molecular weight excluding hydrogens is 316 g/mol. The van der Waals surface area contributed by atoms with Crippen LogP contribution in [-0.4, -0.2) is 49.8 Å². The average molecular weight is 333 g/mol. The molecule has 7 nitrogen and oxygen atoms in total. The van der Waals surface area contributed by atoms with Gasteiger partial charge in [0.05, 0.1) is 36.4 Å². The maximum atomic E-state index is 5.95. The van der Waals surface area contributed by atoms with Crippen LogP contribution in [0.1, 0.15) is 18.3 Å². The second-order valence-electron chi connectivity index (χ2n) is 5.72. The number of aromatic nitrogens is 5. The molecule has 4 rings (SSSR count). The lowest BCUT2D eigenvalue weighted by atomic mass is 10.3. The molecule has 4 heterocycles. The summed E-state index contributed by atoms with van der Waals surface area (Å²) in [4.78, 5) is 14.6. The van der Waals surface area contributed by atoms with Gasteiger partial charge in [0.15, 0.2) is 5.65 Å². The van der Waals surface area contributed by atoms with Gasteiger partial charge in [-0.1, -0.05) is 11.6 Å². The highest BCUT2D eigenvalue weighted by atomic mass is 35.5. The van der Waals surface area contributed by atoms with Crippen molar-refractivity contribution in [1.29, 1.82) is 0 Å². The quantitative estimate of drug-likeness (QED) is 0.793. The lowest BCUT2D eigenvalue weighted by molar-refractivity contribution is 0.305. The molecule has 1 unspecified atom stereocenters. The molecule has 1 saturated heterocycles. The van der Waals surface area contributed by atoms with Crippen molar-refractivity contribution < 1.29 is 4.74 Å². The molecular formula is C15H17ClN6O. The Hall–Kier alpha value is -2.12. The molecule has 0 saturated carbocycles. The molecule has 120 valence electrons. The van der Waals surface area contributed by atoms with E-state index >= 15 is 0 Å². The minimum atomic E-state index is 0.366. The lowest BCUT2D eigenvalue weighted by Crippen LogP contribution is -2.22. The highest BCUT2D eigenvalue weighted by molar-refractivity contribution is 6.30. The number of imidazole rings is 1. The molecule has 3 aromatic heterocycles. The van der Waals surface area contributed by atoms with Gasteiger partial charge in [0, 0.05) is 25.4 Å². The van der Waals surface area contributed by atoms with Gasteiger partial charge in [0.1, 0.15) is 5.82 Å². The molecule has 1 atom stereocenters. The van der Waals surface area contributed by atoms with Crippen LogP contribution in [0, 0.1) is 0 Å². The first-order valence-corrected chi connectivity index (χ1v) is 7.91. The zero-order valence-corrected chi connectivity index (χ0v) is 13.5.